The van der Waals surface area contributed by atoms with Crippen LogP contribution in [0.4, 0.5) is 0 Å². The second kappa shape index (κ2) is 7.63. The number of benzene rings is 1. The molecule has 0 saturated heterocycles. The molecule has 1 aromatic carbocycles. The Morgan fingerprint density at radius 1 is 1.35 bits per heavy atom. The van der Waals surface area contributed by atoms with E-state index in [-0.39, 0.29) is 0 Å². The van der Waals surface area contributed by atoms with E-state index < -0.39 is 0 Å². The fourth-order valence-electron chi connectivity index (χ4n) is 1.28. The summed E-state index contributed by atoms with van der Waals surface area (Å²) in [4.78, 5) is 0.335. The van der Waals surface area contributed by atoms with Crippen LogP contribution in [0.1, 0.15) is 18.9 Å². The van der Waals surface area contributed by atoms with Crippen LogP contribution in [0, 0.1) is 0 Å². The van der Waals surface area contributed by atoms with Gasteiger partial charge >= 0.3 is 0 Å². The van der Waals surface area contributed by atoms with Gasteiger partial charge in [-0.1, -0.05) is 35.1 Å². The van der Waals surface area contributed by atoms with Crippen LogP contribution in [0.15, 0.2) is 22.7 Å². The predicted octanol–water partition coefficient (Wildman–Crippen LogP) is 2.89. The number of nitrogens with two attached hydrogens (primary N) is 1. The molecular formula is C12H16BrNO2S. The molecule has 0 spiro atoms. The predicted molar refractivity (Wildman–Crippen MR) is 76.6 cm³/mol. The second-order valence-corrected chi connectivity index (χ2v) is 4.82. The molecule has 0 aliphatic heterocycles. The van der Waals surface area contributed by atoms with Crippen molar-refractivity contribution in [1.29, 1.82) is 0 Å². The summed E-state index contributed by atoms with van der Waals surface area (Å²) in [5, 5.41) is 0. The van der Waals surface area contributed by atoms with Gasteiger partial charge in [0.25, 0.3) is 0 Å². The van der Waals surface area contributed by atoms with Gasteiger partial charge in [-0.15, -0.1) is 0 Å². The maximum Gasteiger partial charge on any atom is 0.130 e. The van der Waals surface area contributed by atoms with Gasteiger partial charge in [0.1, 0.15) is 17.3 Å². The van der Waals surface area contributed by atoms with Gasteiger partial charge < -0.3 is 15.2 Å². The summed E-state index contributed by atoms with van der Waals surface area (Å²) in [7, 11) is 0. The molecule has 0 amide bonds. The highest BCUT2D eigenvalue weighted by Crippen LogP contribution is 2.23. The molecular weight excluding hydrogens is 302 g/mol. The molecule has 17 heavy (non-hydrogen) atoms. The minimum Gasteiger partial charge on any atom is -0.490 e. The molecule has 1 rings (SSSR count). The van der Waals surface area contributed by atoms with E-state index in [4.69, 9.17) is 27.4 Å². The lowest BCUT2D eigenvalue weighted by atomic mass is 10.2. The summed E-state index contributed by atoms with van der Waals surface area (Å²) in [6.07, 6.45) is 1.01. The van der Waals surface area contributed by atoms with Gasteiger partial charge in [0.05, 0.1) is 12.2 Å². The van der Waals surface area contributed by atoms with Gasteiger partial charge in [0, 0.05) is 11.1 Å². The summed E-state index contributed by atoms with van der Waals surface area (Å²) >= 11 is 8.35. The van der Waals surface area contributed by atoms with Crippen LogP contribution < -0.4 is 10.5 Å². The lowest BCUT2D eigenvalue weighted by Crippen LogP contribution is -2.14. The molecule has 0 heterocycles. The zero-order chi connectivity index (χ0) is 12.7. The summed E-state index contributed by atoms with van der Waals surface area (Å²) in [6, 6.07) is 5.58. The van der Waals surface area contributed by atoms with E-state index in [0.717, 1.165) is 23.1 Å². The van der Waals surface area contributed by atoms with E-state index in [0.29, 0.717) is 24.0 Å². The van der Waals surface area contributed by atoms with Crippen LogP contribution in [-0.4, -0.2) is 24.8 Å². The van der Waals surface area contributed by atoms with Crippen molar-refractivity contribution in [3.8, 4) is 5.75 Å². The van der Waals surface area contributed by atoms with Crippen molar-refractivity contribution in [1.82, 2.24) is 0 Å². The van der Waals surface area contributed by atoms with Gasteiger partial charge in [0.2, 0.25) is 0 Å². The van der Waals surface area contributed by atoms with E-state index in [2.05, 4.69) is 22.9 Å². The monoisotopic (exact) mass is 317 g/mol. The molecule has 0 bridgehead atoms. The van der Waals surface area contributed by atoms with E-state index in [1.54, 1.807) is 0 Å². The van der Waals surface area contributed by atoms with Crippen molar-refractivity contribution in [3.05, 3.63) is 28.2 Å². The lowest BCUT2D eigenvalue weighted by molar-refractivity contribution is 0.101. The first-order valence-electron chi connectivity index (χ1n) is 5.45. The molecule has 0 aromatic heterocycles. The number of ether oxygens (including phenoxy) is 2. The third-order valence-corrected chi connectivity index (χ3v) is 2.76. The summed E-state index contributed by atoms with van der Waals surface area (Å²) in [5.41, 5.74) is 6.37. The lowest BCUT2D eigenvalue weighted by Gasteiger charge is -2.11. The van der Waals surface area contributed by atoms with E-state index in [9.17, 15) is 0 Å². The molecule has 0 aliphatic carbocycles. The average Bonchev–Trinajstić information content (AvgIpc) is 2.28. The zero-order valence-corrected chi connectivity index (χ0v) is 12.1. The van der Waals surface area contributed by atoms with Crippen LogP contribution in [-0.2, 0) is 4.74 Å². The topological polar surface area (TPSA) is 44.5 Å². The van der Waals surface area contributed by atoms with Crippen LogP contribution >= 0.6 is 28.1 Å². The van der Waals surface area contributed by atoms with Crippen LogP contribution in [0.5, 0.6) is 5.75 Å². The van der Waals surface area contributed by atoms with Crippen molar-refractivity contribution in [2.45, 2.75) is 13.3 Å². The molecule has 0 radical (unpaired) electrons. The van der Waals surface area contributed by atoms with Crippen molar-refractivity contribution < 1.29 is 9.47 Å². The summed E-state index contributed by atoms with van der Waals surface area (Å²) in [5.74, 6) is 0.687. The molecule has 0 aliphatic rings. The van der Waals surface area contributed by atoms with E-state index in [1.165, 1.54) is 0 Å². The van der Waals surface area contributed by atoms with Gasteiger partial charge in [0.15, 0.2) is 0 Å². The standard InChI is InChI=1S/C12H16BrNO2S/c1-2-5-15-6-7-16-11-8-9(13)3-4-10(11)12(14)17/h3-4,8H,2,5-7H2,1H3,(H2,14,17). The quantitative estimate of drug-likeness (QED) is 0.620. The number of hydrogen-bond acceptors (Lipinski definition) is 3. The third kappa shape index (κ3) is 5.02. The zero-order valence-electron chi connectivity index (χ0n) is 9.74. The van der Waals surface area contributed by atoms with Gasteiger partial charge in [-0.05, 0) is 24.6 Å². The van der Waals surface area contributed by atoms with Crippen LogP contribution in [0.25, 0.3) is 0 Å². The summed E-state index contributed by atoms with van der Waals surface area (Å²) < 4.78 is 11.9. The highest BCUT2D eigenvalue weighted by atomic mass is 79.9. The normalized spacial score (nSPS) is 10.2. The summed E-state index contributed by atoms with van der Waals surface area (Å²) in [6.45, 7) is 3.88. The van der Waals surface area contributed by atoms with Crippen molar-refractivity contribution >= 4 is 33.1 Å². The Hall–Kier alpha value is -0.650. The third-order valence-electron chi connectivity index (χ3n) is 2.04. The fourth-order valence-corrected chi connectivity index (χ4v) is 1.78. The Balaban J connectivity index is 2.56. The molecule has 2 N–H and O–H groups in total. The largest absolute Gasteiger partial charge is 0.490 e. The Labute approximate surface area is 115 Å². The molecule has 0 unspecified atom stereocenters. The first-order chi connectivity index (χ1) is 8.15. The molecule has 3 nitrogen and oxygen atoms in total. The molecule has 0 saturated carbocycles. The van der Waals surface area contributed by atoms with Gasteiger partial charge in [-0.2, -0.15) is 0 Å². The molecule has 1 aromatic rings. The number of halogens is 1. The van der Waals surface area contributed by atoms with Crippen LogP contribution in [0.2, 0.25) is 0 Å². The molecule has 5 heteroatoms. The molecule has 0 fully saturated rings. The SMILES string of the molecule is CCCOCCOc1cc(Br)ccc1C(N)=S. The van der Waals surface area contributed by atoms with E-state index in [1.807, 2.05) is 18.2 Å². The highest BCUT2D eigenvalue weighted by Gasteiger charge is 2.06. The Morgan fingerprint density at radius 3 is 2.76 bits per heavy atom. The molecule has 0 atom stereocenters. The van der Waals surface area contributed by atoms with Crippen molar-refractivity contribution in [2.24, 2.45) is 5.73 Å². The minimum atomic E-state index is 0.335. The van der Waals surface area contributed by atoms with Crippen molar-refractivity contribution in [3.63, 3.8) is 0 Å². The smallest absolute Gasteiger partial charge is 0.130 e. The second-order valence-electron chi connectivity index (χ2n) is 3.47. The molecule has 94 valence electrons. The Morgan fingerprint density at radius 2 is 2.12 bits per heavy atom. The van der Waals surface area contributed by atoms with Gasteiger partial charge in [-0.25, -0.2) is 0 Å². The number of hydrogen-bond donors (Lipinski definition) is 1. The Kier molecular flexibility index (Phi) is 6.47. The highest BCUT2D eigenvalue weighted by molar-refractivity contribution is 9.10. The number of thiocarbonyl (C=S) groups is 1. The Bertz CT molecular complexity index is 385. The number of rotatable bonds is 7. The first-order valence-corrected chi connectivity index (χ1v) is 6.65. The maximum atomic E-state index is 5.62. The van der Waals surface area contributed by atoms with E-state index >= 15 is 0 Å². The fraction of sp³-hybridized carbons (Fsp3) is 0.417. The average molecular weight is 318 g/mol. The van der Waals surface area contributed by atoms with Gasteiger partial charge in [-0.3, -0.25) is 0 Å². The van der Waals surface area contributed by atoms with Crippen LogP contribution in [0.3, 0.4) is 0 Å². The van der Waals surface area contributed by atoms with Crippen molar-refractivity contribution in [2.75, 3.05) is 19.8 Å². The first kappa shape index (κ1) is 14.4. The maximum absolute atomic E-state index is 5.62. The minimum absolute atomic E-state index is 0.335.